The van der Waals surface area contributed by atoms with Gasteiger partial charge in [0, 0.05) is 41.2 Å². The lowest BCUT2D eigenvalue weighted by Crippen LogP contribution is -2.04. The van der Waals surface area contributed by atoms with Crippen molar-refractivity contribution >= 4 is 33.4 Å². The molecule has 2 N–H and O–H groups in total. The second-order valence-electron chi connectivity index (χ2n) is 5.30. The fourth-order valence-corrected chi connectivity index (χ4v) is 3.28. The second kappa shape index (κ2) is 5.20. The molecule has 0 aliphatic carbocycles. The number of aliphatic hydroxyl groups excluding tert-OH is 1. The first-order valence-electron chi connectivity index (χ1n) is 6.96. The van der Waals surface area contributed by atoms with Crippen LogP contribution in [0.15, 0.2) is 23.0 Å². The van der Waals surface area contributed by atoms with Gasteiger partial charge in [0.05, 0.1) is 10.5 Å². The van der Waals surface area contributed by atoms with E-state index < -0.39 is 0 Å². The van der Waals surface area contributed by atoms with Crippen molar-refractivity contribution in [2.45, 2.75) is 26.8 Å². The Morgan fingerprint density at radius 2 is 2.05 bits per heavy atom. The van der Waals surface area contributed by atoms with Gasteiger partial charge in [-0.15, -0.1) is 0 Å². The fraction of sp³-hybridized carbons (Fsp3) is 0.312. The van der Waals surface area contributed by atoms with Gasteiger partial charge in [0.1, 0.15) is 0 Å². The van der Waals surface area contributed by atoms with Crippen LogP contribution in [0.4, 0.5) is 0 Å². The van der Waals surface area contributed by atoms with Crippen molar-refractivity contribution in [2.75, 3.05) is 6.61 Å². The number of aromatic amines is 1. The van der Waals surface area contributed by atoms with E-state index in [1.807, 2.05) is 12.1 Å². The Labute approximate surface area is 127 Å². The highest BCUT2D eigenvalue weighted by Crippen LogP contribution is 2.34. The molecule has 0 atom stereocenters. The van der Waals surface area contributed by atoms with Crippen LogP contribution in [0.25, 0.3) is 21.8 Å². The van der Waals surface area contributed by atoms with Crippen LogP contribution in [0, 0.1) is 13.8 Å². The van der Waals surface area contributed by atoms with Crippen molar-refractivity contribution in [3.8, 4) is 0 Å². The smallest absolute Gasteiger partial charge is 0.249 e. The molecular formula is C16H17ClN2O2. The zero-order chi connectivity index (χ0) is 15.1. The molecule has 3 aromatic rings. The number of benzene rings is 1. The molecule has 2 heterocycles. The molecule has 0 amide bonds. The molecule has 0 saturated heterocycles. The molecule has 0 bridgehead atoms. The van der Waals surface area contributed by atoms with E-state index >= 15 is 0 Å². The first-order valence-corrected chi connectivity index (χ1v) is 7.34. The zero-order valence-corrected chi connectivity index (χ0v) is 12.8. The largest absolute Gasteiger partial charge is 0.396 e. The van der Waals surface area contributed by atoms with Crippen LogP contribution in [-0.2, 0) is 6.54 Å². The lowest BCUT2D eigenvalue weighted by atomic mass is 10.1. The average molecular weight is 305 g/mol. The molecule has 1 aromatic carbocycles. The number of aliphatic hydroxyl groups is 1. The number of pyridine rings is 1. The molecule has 0 aliphatic rings. The summed E-state index contributed by atoms with van der Waals surface area (Å²) in [6, 6.07) is 5.31. The molecule has 0 radical (unpaired) electrons. The van der Waals surface area contributed by atoms with E-state index in [2.05, 4.69) is 23.4 Å². The number of hydrogen-bond acceptors (Lipinski definition) is 2. The summed E-state index contributed by atoms with van der Waals surface area (Å²) in [5, 5.41) is 11.5. The lowest BCUT2D eigenvalue weighted by Gasteiger charge is -2.08. The molecule has 0 saturated carbocycles. The van der Waals surface area contributed by atoms with Crippen molar-refractivity contribution in [1.82, 2.24) is 9.55 Å². The van der Waals surface area contributed by atoms with Crippen molar-refractivity contribution in [1.29, 1.82) is 0 Å². The van der Waals surface area contributed by atoms with Crippen molar-refractivity contribution in [3.05, 3.63) is 44.8 Å². The number of H-pyrrole nitrogens is 1. The third-order valence-corrected chi connectivity index (χ3v) is 4.39. The summed E-state index contributed by atoms with van der Waals surface area (Å²) in [6.07, 6.45) is 0.710. The topological polar surface area (TPSA) is 58.0 Å². The standard InChI is InChI=1S/C16H17ClN2O2/c1-9-10(2)19(6-3-7-20)13-5-4-12-16(15(9)13)11(17)8-14(21)18-12/h4-5,8,20H,3,6-7H2,1-2H3,(H,18,21). The number of aromatic nitrogens is 2. The van der Waals surface area contributed by atoms with Crippen LogP contribution in [0.3, 0.4) is 0 Å². The Bertz CT molecular complexity index is 893. The SMILES string of the molecule is Cc1c(C)n(CCCO)c2ccc3[nH]c(=O)cc(Cl)c3c12. The van der Waals surface area contributed by atoms with Gasteiger partial charge in [0.25, 0.3) is 0 Å². The molecule has 0 fully saturated rings. The Balaban J connectivity index is 2.43. The van der Waals surface area contributed by atoms with Crippen LogP contribution >= 0.6 is 11.6 Å². The number of hydrogen-bond donors (Lipinski definition) is 2. The van der Waals surface area contributed by atoms with Crippen LogP contribution in [-0.4, -0.2) is 21.3 Å². The van der Waals surface area contributed by atoms with Gasteiger partial charge in [-0.1, -0.05) is 11.6 Å². The molecule has 4 nitrogen and oxygen atoms in total. The van der Waals surface area contributed by atoms with Gasteiger partial charge in [0.15, 0.2) is 0 Å². The van der Waals surface area contributed by atoms with Gasteiger partial charge < -0.3 is 14.7 Å². The predicted octanol–water partition coefficient (Wildman–Crippen LogP) is 3.14. The Morgan fingerprint density at radius 1 is 1.29 bits per heavy atom. The van der Waals surface area contributed by atoms with Crippen molar-refractivity contribution in [2.24, 2.45) is 0 Å². The molecule has 0 spiro atoms. The van der Waals surface area contributed by atoms with Gasteiger partial charge in [0.2, 0.25) is 5.56 Å². The molecule has 3 rings (SSSR count). The highest BCUT2D eigenvalue weighted by molar-refractivity contribution is 6.37. The van der Waals surface area contributed by atoms with Crippen LogP contribution in [0.5, 0.6) is 0 Å². The summed E-state index contributed by atoms with van der Waals surface area (Å²) in [6.45, 7) is 5.06. The number of rotatable bonds is 3. The van der Waals surface area contributed by atoms with Gasteiger partial charge >= 0.3 is 0 Å². The molecule has 0 aliphatic heterocycles. The normalized spacial score (nSPS) is 11.6. The monoisotopic (exact) mass is 304 g/mol. The fourth-order valence-electron chi connectivity index (χ4n) is 2.99. The summed E-state index contributed by atoms with van der Waals surface area (Å²) in [4.78, 5) is 14.4. The van der Waals surface area contributed by atoms with Gasteiger partial charge in [-0.05, 0) is 38.0 Å². The van der Waals surface area contributed by atoms with Crippen molar-refractivity contribution < 1.29 is 5.11 Å². The summed E-state index contributed by atoms with van der Waals surface area (Å²) in [5.74, 6) is 0. The highest BCUT2D eigenvalue weighted by atomic mass is 35.5. The molecule has 2 aromatic heterocycles. The quantitative estimate of drug-likeness (QED) is 0.781. The number of fused-ring (bicyclic) bond motifs is 3. The minimum atomic E-state index is -0.194. The van der Waals surface area contributed by atoms with E-state index in [1.165, 1.54) is 6.07 Å². The molecule has 5 heteroatoms. The van der Waals surface area contributed by atoms with E-state index in [9.17, 15) is 4.79 Å². The third-order valence-electron chi connectivity index (χ3n) is 4.09. The van der Waals surface area contributed by atoms with Gasteiger partial charge in [-0.2, -0.15) is 0 Å². The summed E-state index contributed by atoms with van der Waals surface area (Å²) in [5.41, 5.74) is 3.96. The van der Waals surface area contributed by atoms with E-state index in [-0.39, 0.29) is 12.2 Å². The van der Waals surface area contributed by atoms with E-state index in [4.69, 9.17) is 16.7 Å². The Kier molecular flexibility index (Phi) is 3.51. The van der Waals surface area contributed by atoms with Gasteiger partial charge in [-0.3, -0.25) is 4.79 Å². The number of halogens is 1. The number of nitrogens with zero attached hydrogens (tertiary/aromatic N) is 1. The lowest BCUT2D eigenvalue weighted by molar-refractivity contribution is 0.280. The average Bonchev–Trinajstić information content (AvgIpc) is 2.68. The summed E-state index contributed by atoms with van der Waals surface area (Å²) < 4.78 is 2.20. The van der Waals surface area contributed by atoms with E-state index in [0.717, 1.165) is 39.6 Å². The maximum Gasteiger partial charge on any atom is 0.249 e. The van der Waals surface area contributed by atoms with Crippen LogP contribution in [0.1, 0.15) is 17.7 Å². The van der Waals surface area contributed by atoms with Crippen LogP contribution < -0.4 is 5.56 Å². The first kappa shape index (κ1) is 14.2. The van der Waals surface area contributed by atoms with Crippen molar-refractivity contribution in [3.63, 3.8) is 0 Å². The maximum absolute atomic E-state index is 11.6. The first-order chi connectivity index (χ1) is 10.0. The minimum Gasteiger partial charge on any atom is -0.396 e. The Hall–Kier alpha value is -1.78. The predicted molar refractivity (Wildman–Crippen MR) is 86.3 cm³/mol. The minimum absolute atomic E-state index is 0.166. The molecular weight excluding hydrogens is 288 g/mol. The summed E-state index contributed by atoms with van der Waals surface area (Å²) >= 11 is 6.31. The highest BCUT2D eigenvalue weighted by Gasteiger charge is 2.15. The maximum atomic E-state index is 11.6. The zero-order valence-electron chi connectivity index (χ0n) is 12.0. The molecule has 21 heavy (non-hydrogen) atoms. The molecule has 0 unspecified atom stereocenters. The molecule has 110 valence electrons. The summed E-state index contributed by atoms with van der Waals surface area (Å²) in [7, 11) is 0. The van der Waals surface area contributed by atoms with E-state index in [1.54, 1.807) is 0 Å². The second-order valence-corrected chi connectivity index (χ2v) is 5.71. The number of aryl methyl sites for hydroxylation is 2. The van der Waals surface area contributed by atoms with Gasteiger partial charge in [-0.25, -0.2) is 0 Å². The van der Waals surface area contributed by atoms with E-state index in [0.29, 0.717) is 11.4 Å². The Morgan fingerprint density at radius 3 is 2.76 bits per heavy atom. The number of nitrogens with one attached hydrogen (secondary N) is 1. The van der Waals surface area contributed by atoms with Crippen LogP contribution in [0.2, 0.25) is 5.02 Å². The third kappa shape index (κ3) is 2.15.